The highest BCUT2D eigenvalue weighted by Gasteiger charge is 2.14. The lowest BCUT2D eigenvalue weighted by Crippen LogP contribution is -2.30. The number of hydrogen-bond acceptors (Lipinski definition) is 2. The smallest absolute Gasteiger partial charge is 0.0708 e. The molecule has 0 radical (unpaired) electrons. The number of aryl methyl sites for hydroxylation is 2. The number of aromatic nitrogens is 1. The zero-order valence-electron chi connectivity index (χ0n) is 19.7. The van der Waals surface area contributed by atoms with Crippen molar-refractivity contribution in [1.82, 2.24) is 9.88 Å². The fourth-order valence-electron chi connectivity index (χ4n) is 5.78. The number of benzene rings is 1. The summed E-state index contributed by atoms with van der Waals surface area (Å²) in [6, 6.07) is 8.77. The van der Waals surface area contributed by atoms with Crippen molar-refractivity contribution in [3.63, 3.8) is 0 Å². The Hall–Kier alpha value is -1.67. The number of likely N-dealkylation sites (tertiary alicyclic amines) is 1. The van der Waals surface area contributed by atoms with E-state index in [1.807, 2.05) is 0 Å². The van der Waals surface area contributed by atoms with Gasteiger partial charge in [-0.05, 0) is 101 Å². The lowest BCUT2D eigenvalue weighted by atomic mass is 9.93. The third-order valence-electron chi connectivity index (χ3n) is 7.62. The lowest BCUT2D eigenvalue weighted by Gasteiger charge is -2.26. The first-order chi connectivity index (χ1) is 15.3. The van der Waals surface area contributed by atoms with E-state index < -0.39 is 0 Å². The predicted octanol–water partition coefficient (Wildman–Crippen LogP) is 7.42. The lowest BCUT2D eigenvalue weighted by molar-refractivity contribution is 0.225. The molecule has 2 heteroatoms. The number of pyridine rings is 1. The molecule has 0 unspecified atom stereocenters. The average Bonchev–Trinajstić information content (AvgIpc) is 3.32. The highest BCUT2D eigenvalue weighted by atomic mass is 15.1. The molecule has 0 bridgehead atoms. The quantitative estimate of drug-likeness (QED) is 0.295. The van der Waals surface area contributed by atoms with E-state index in [9.17, 15) is 0 Å². The molecule has 1 aliphatic carbocycles. The largest absolute Gasteiger partial charge is 0.303 e. The van der Waals surface area contributed by atoms with E-state index in [0.717, 1.165) is 12.3 Å². The number of nitrogens with zero attached hydrogens (tertiary/aromatic N) is 2. The summed E-state index contributed by atoms with van der Waals surface area (Å²) in [7, 11) is 0. The fourth-order valence-corrected chi connectivity index (χ4v) is 5.78. The first-order valence-corrected chi connectivity index (χ1v) is 13.1. The van der Waals surface area contributed by atoms with E-state index in [1.165, 1.54) is 119 Å². The van der Waals surface area contributed by atoms with Crippen molar-refractivity contribution in [3.8, 4) is 0 Å². The van der Waals surface area contributed by atoms with Crippen LogP contribution >= 0.6 is 0 Å². The normalized spacial score (nSPS) is 18.5. The maximum Gasteiger partial charge on any atom is 0.0708 e. The van der Waals surface area contributed by atoms with Gasteiger partial charge in [0.25, 0.3) is 0 Å². The van der Waals surface area contributed by atoms with Gasteiger partial charge in [-0.2, -0.15) is 0 Å². The van der Waals surface area contributed by atoms with Crippen LogP contribution in [0.4, 0.5) is 0 Å². The van der Waals surface area contributed by atoms with Crippen molar-refractivity contribution in [3.05, 3.63) is 53.2 Å². The molecule has 0 N–H and O–H groups in total. The van der Waals surface area contributed by atoms with Crippen molar-refractivity contribution < 1.29 is 0 Å². The van der Waals surface area contributed by atoms with Crippen LogP contribution in [0.5, 0.6) is 0 Å². The third-order valence-corrected chi connectivity index (χ3v) is 7.62. The summed E-state index contributed by atoms with van der Waals surface area (Å²) in [5.74, 6) is 0.990. The summed E-state index contributed by atoms with van der Waals surface area (Å²) >= 11 is 0. The van der Waals surface area contributed by atoms with Crippen LogP contribution in [0, 0.1) is 12.8 Å². The van der Waals surface area contributed by atoms with Gasteiger partial charge in [-0.15, -0.1) is 0 Å². The fraction of sp³-hybridized carbons (Fsp3) is 0.621. The summed E-state index contributed by atoms with van der Waals surface area (Å²) in [5, 5.41) is 1.38. The molecular formula is C29H42N2. The minimum atomic E-state index is 0.990. The van der Waals surface area contributed by atoms with E-state index in [1.54, 1.807) is 5.56 Å². The van der Waals surface area contributed by atoms with Crippen molar-refractivity contribution >= 4 is 10.9 Å². The highest BCUT2D eigenvalue weighted by Crippen LogP contribution is 2.29. The Balaban J connectivity index is 1.39. The van der Waals surface area contributed by atoms with Crippen molar-refractivity contribution in [2.75, 3.05) is 19.6 Å². The van der Waals surface area contributed by atoms with Gasteiger partial charge in [-0.3, -0.25) is 4.98 Å². The minimum Gasteiger partial charge on any atom is -0.303 e. The number of allylic oxidation sites excluding steroid dienone is 2. The van der Waals surface area contributed by atoms with Gasteiger partial charge in [0, 0.05) is 11.1 Å². The first-order valence-electron chi connectivity index (χ1n) is 13.1. The maximum absolute atomic E-state index is 4.96. The summed E-state index contributed by atoms with van der Waals surface area (Å²) in [6.45, 7) is 6.12. The Morgan fingerprint density at radius 2 is 1.74 bits per heavy atom. The Bertz CT molecular complexity index is 841. The maximum atomic E-state index is 4.96. The molecule has 2 nitrogen and oxygen atoms in total. The number of hydrogen-bond donors (Lipinski definition) is 0. The SMILES string of the molecule is Cc1nc2ccccc2c(CCCCN2CCCCC2)c1C/C=C/CCC1CCCC1. The van der Waals surface area contributed by atoms with Crippen LogP contribution in [0.2, 0.25) is 0 Å². The van der Waals surface area contributed by atoms with Crippen LogP contribution in [0.3, 0.4) is 0 Å². The molecule has 2 aliphatic rings. The van der Waals surface area contributed by atoms with E-state index in [0.29, 0.717) is 0 Å². The summed E-state index contributed by atoms with van der Waals surface area (Å²) in [5.41, 5.74) is 5.43. The van der Waals surface area contributed by atoms with Gasteiger partial charge in [0.15, 0.2) is 0 Å². The van der Waals surface area contributed by atoms with Gasteiger partial charge in [0.05, 0.1) is 5.52 Å². The molecule has 168 valence electrons. The molecule has 1 aliphatic heterocycles. The number of rotatable bonds is 10. The van der Waals surface area contributed by atoms with Gasteiger partial charge < -0.3 is 4.90 Å². The predicted molar refractivity (Wildman–Crippen MR) is 134 cm³/mol. The van der Waals surface area contributed by atoms with Crippen molar-refractivity contribution in [1.29, 1.82) is 0 Å². The average molecular weight is 419 g/mol. The molecule has 1 aromatic heterocycles. The molecule has 2 fully saturated rings. The number of para-hydroxylation sites is 1. The van der Waals surface area contributed by atoms with Crippen molar-refractivity contribution in [2.45, 2.75) is 90.4 Å². The number of piperidine rings is 1. The number of unbranched alkanes of at least 4 members (excludes halogenated alkanes) is 1. The Labute approximate surface area is 190 Å². The molecule has 2 aromatic rings. The molecule has 31 heavy (non-hydrogen) atoms. The van der Waals surface area contributed by atoms with Crippen LogP contribution in [0.25, 0.3) is 10.9 Å². The van der Waals surface area contributed by atoms with E-state index in [4.69, 9.17) is 4.98 Å². The van der Waals surface area contributed by atoms with Gasteiger partial charge >= 0.3 is 0 Å². The van der Waals surface area contributed by atoms with Crippen LogP contribution in [0.1, 0.15) is 87.4 Å². The standard InChI is InChI=1S/C29H42N2/c1-24-26(17-5-2-4-14-25-15-6-7-16-25)27(28-19-8-9-20-29(28)30-24)18-10-13-23-31-21-11-3-12-22-31/h2,5,8-9,19-20,25H,3-4,6-7,10-18,21-23H2,1H3/b5-2+. The Morgan fingerprint density at radius 1 is 0.935 bits per heavy atom. The molecule has 1 saturated carbocycles. The van der Waals surface area contributed by atoms with Crippen LogP contribution in [-0.2, 0) is 12.8 Å². The zero-order chi connectivity index (χ0) is 21.3. The van der Waals surface area contributed by atoms with Crippen LogP contribution in [0.15, 0.2) is 36.4 Å². The highest BCUT2D eigenvalue weighted by molar-refractivity contribution is 5.83. The van der Waals surface area contributed by atoms with Crippen molar-refractivity contribution in [2.24, 2.45) is 5.92 Å². The molecule has 1 saturated heterocycles. The third kappa shape index (κ3) is 6.42. The summed E-state index contributed by atoms with van der Waals surface area (Å²) < 4.78 is 0. The van der Waals surface area contributed by atoms with Gasteiger partial charge in [0.2, 0.25) is 0 Å². The topological polar surface area (TPSA) is 16.1 Å². The second-order valence-corrected chi connectivity index (χ2v) is 9.93. The molecule has 0 spiro atoms. The summed E-state index contributed by atoms with van der Waals surface area (Å²) in [4.78, 5) is 7.63. The first kappa shape index (κ1) is 22.5. The second kappa shape index (κ2) is 11.8. The van der Waals surface area contributed by atoms with E-state index in [2.05, 4.69) is 48.2 Å². The molecule has 1 aromatic carbocycles. The van der Waals surface area contributed by atoms with Gasteiger partial charge in [0.1, 0.15) is 0 Å². The van der Waals surface area contributed by atoms with Crippen LogP contribution in [-0.4, -0.2) is 29.5 Å². The van der Waals surface area contributed by atoms with Gasteiger partial charge in [-0.1, -0.05) is 62.5 Å². The van der Waals surface area contributed by atoms with Crippen LogP contribution < -0.4 is 0 Å². The zero-order valence-corrected chi connectivity index (χ0v) is 19.7. The number of fused-ring (bicyclic) bond motifs is 1. The molecule has 4 rings (SSSR count). The molecule has 0 amide bonds. The Morgan fingerprint density at radius 3 is 2.58 bits per heavy atom. The van der Waals surface area contributed by atoms with E-state index in [-0.39, 0.29) is 0 Å². The summed E-state index contributed by atoms with van der Waals surface area (Å²) in [6.07, 6.45) is 22.4. The van der Waals surface area contributed by atoms with Gasteiger partial charge in [-0.25, -0.2) is 0 Å². The molecule has 2 heterocycles. The monoisotopic (exact) mass is 418 g/mol. The van der Waals surface area contributed by atoms with E-state index >= 15 is 0 Å². The minimum absolute atomic E-state index is 0.990. The molecule has 0 atom stereocenters. The molecular weight excluding hydrogens is 376 g/mol. The second-order valence-electron chi connectivity index (χ2n) is 9.93. The Kier molecular flexibility index (Phi) is 8.58.